The van der Waals surface area contributed by atoms with Gasteiger partial charge in [-0.05, 0) is 25.1 Å². The molecule has 10 heteroatoms. The maximum atomic E-state index is 12.5. The number of carboxylic acid groups (broad SMARTS) is 1. The van der Waals surface area contributed by atoms with Crippen LogP contribution in [0.3, 0.4) is 0 Å². The molecule has 0 fully saturated rings. The van der Waals surface area contributed by atoms with Gasteiger partial charge in [-0.3, -0.25) is 9.36 Å². The Labute approximate surface area is 166 Å². The number of thiazole rings is 1. The summed E-state index contributed by atoms with van der Waals surface area (Å²) in [5.74, 6) is -0.602. The molecule has 3 rings (SSSR count). The zero-order valence-electron chi connectivity index (χ0n) is 16.0. The van der Waals surface area contributed by atoms with Crippen molar-refractivity contribution in [2.24, 2.45) is 5.73 Å². The van der Waals surface area contributed by atoms with Crippen LogP contribution in [0.4, 0.5) is 5.82 Å². The lowest BCUT2D eigenvalue weighted by atomic mass is 10.2. The van der Waals surface area contributed by atoms with E-state index in [1.165, 1.54) is 17.5 Å². The molecule has 0 bridgehead atoms. The number of carbonyl (C=O) groups is 1. The normalized spacial score (nSPS) is 10.4. The summed E-state index contributed by atoms with van der Waals surface area (Å²) in [5, 5.41) is 11.9. The zero-order valence-corrected chi connectivity index (χ0v) is 16.8. The van der Waals surface area contributed by atoms with Gasteiger partial charge in [0, 0.05) is 45.6 Å². The smallest absolute Gasteiger partial charge is 0.341 e. The molecule has 0 saturated carbocycles. The van der Waals surface area contributed by atoms with Gasteiger partial charge in [-0.15, -0.1) is 11.3 Å². The van der Waals surface area contributed by atoms with Crippen molar-refractivity contribution in [3.8, 4) is 5.13 Å². The number of carboxylic acids is 1. The minimum absolute atomic E-state index is 0.242. The van der Waals surface area contributed by atoms with Crippen molar-refractivity contribution >= 4 is 34.2 Å². The van der Waals surface area contributed by atoms with Gasteiger partial charge < -0.3 is 20.5 Å². The van der Waals surface area contributed by atoms with Crippen molar-refractivity contribution in [2.45, 2.75) is 6.42 Å². The summed E-state index contributed by atoms with van der Waals surface area (Å²) >= 11 is 1.33. The van der Waals surface area contributed by atoms with Crippen LogP contribution in [0.2, 0.25) is 0 Å². The number of aromatic carboxylic acids is 1. The number of pyridine rings is 2. The van der Waals surface area contributed by atoms with E-state index in [0.717, 1.165) is 13.0 Å². The van der Waals surface area contributed by atoms with Gasteiger partial charge in [0.05, 0.1) is 5.39 Å². The molecule has 0 atom stereocenters. The number of rotatable bonds is 6. The molecular formula is C18H23N5O4S. The molecule has 3 aromatic heterocycles. The largest absolute Gasteiger partial charge is 0.477 e. The first kappa shape index (κ1) is 21.5. The lowest BCUT2D eigenvalue weighted by Crippen LogP contribution is -2.23. The molecular weight excluding hydrogens is 382 g/mol. The van der Waals surface area contributed by atoms with E-state index in [4.69, 9.17) is 5.73 Å². The molecule has 0 spiro atoms. The topological polar surface area (TPSA) is 124 Å². The van der Waals surface area contributed by atoms with Crippen molar-refractivity contribution in [3.05, 3.63) is 45.7 Å². The van der Waals surface area contributed by atoms with E-state index in [0.29, 0.717) is 23.1 Å². The summed E-state index contributed by atoms with van der Waals surface area (Å²) in [6.45, 7) is 1.30. The fourth-order valence-electron chi connectivity index (χ4n) is 2.48. The predicted molar refractivity (Wildman–Crippen MR) is 110 cm³/mol. The number of hydrogen-bond acceptors (Lipinski definition) is 8. The van der Waals surface area contributed by atoms with Gasteiger partial charge >= 0.3 is 5.97 Å². The number of methoxy groups -OCH3 is 1. The Morgan fingerprint density at radius 2 is 2.11 bits per heavy atom. The predicted octanol–water partition coefficient (Wildman–Crippen LogP) is 1.59. The van der Waals surface area contributed by atoms with Gasteiger partial charge in [-0.1, -0.05) is 0 Å². The third kappa shape index (κ3) is 4.71. The lowest BCUT2D eigenvalue weighted by Gasteiger charge is -2.19. The molecule has 0 aliphatic rings. The molecule has 28 heavy (non-hydrogen) atoms. The quantitative estimate of drug-likeness (QED) is 0.634. The third-order valence-electron chi connectivity index (χ3n) is 3.78. The van der Waals surface area contributed by atoms with Gasteiger partial charge in [0.25, 0.3) is 0 Å². The summed E-state index contributed by atoms with van der Waals surface area (Å²) in [7, 11) is 5.14. The Morgan fingerprint density at radius 1 is 1.39 bits per heavy atom. The summed E-state index contributed by atoms with van der Waals surface area (Å²) in [6, 6.07) is 3.31. The van der Waals surface area contributed by atoms with Gasteiger partial charge in [-0.25, -0.2) is 14.8 Å². The molecule has 0 saturated heterocycles. The molecule has 150 valence electrons. The molecule has 9 nitrogen and oxygen atoms in total. The third-order valence-corrected chi connectivity index (χ3v) is 4.55. The minimum atomic E-state index is -1.28. The SMILES string of the molecule is CN(CCCN)c1ccc2c(=O)c(C(=O)O)cn(-c3nccs3)c2n1.COC. The van der Waals surface area contributed by atoms with E-state index in [1.54, 1.807) is 42.5 Å². The van der Waals surface area contributed by atoms with Crippen LogP contribution in [0.25, 0.3) is 16.2 Å². The molecule has 3 heterocycles. The second-order valence-electron chi connectivity index (χ2n) is 5.87. The number of aromatic nitrogens is 3. The highest BCUT2D eigenvalue weighted by Gasteiger charge is 2.18. The van der Waals surface area contributed by atoms with Crippen LogP contribution in [0.15, 0.2) is 34.7 Å². The van der Waals surface area contributed by atoms with Gasteiger partial charge in [0.15, 0.2) is 10.8 Å². The van der Waals surface area contributed by atoms with E-state index in [1.807, 2.05) is 11.9 Å². The molecule has 0 aliphatic carbocycles. The van der Waals surface area contributed by atoms with E-state index in [-0.39, 0.29) is 10.9 Å². The average Bonchev–Trinajstić information content (AvgIpc) is 3.21. The fourth-order valence-corrected chi connectivity index (χ4v) is 3.10. The molecule has 0 amide bonds. The molecule has 0 aromatic carbocycles. The first-order valence-electron chi connectivity index (χ1n) is 8.45. The highest BCUT2D eigenvalue weighted by Crippen LogP contribution is 2.21. The molecule has 3 aromatic rings. The van der Waals surface area contributed by atoms with E-state index in [2.05, 4.69) is 14.7 Å². The summed E-state index contributed by atoms with van der Waals surface area (Å²) < 4.78 is 5.80. The molecule has 0 radical (unpaired) electrons. The summed E-state index contributed by atoms with van der Waals surface area (Å²) in [6.07, 6.45) is 3.71. The minimum Gasteiger partial charge on any atom is -0.477 e. The Balaban J connectivity index is 0.000000878. The van der Waals surface area contributed by atoms with Crippen molar-refractivity contribution in [2.75, 3.05) is 39.3 Å². The number of fused-ring (bicyclic) bond motifs is 1. The molecule has 0 unspecified atom stereocenters. The maximum absolute atomic E-state index is 12.5. The number of anilines is 1. The second kappa shape index (κ2) is 9.93. The van der Waals surface area contributed by atoms with Gasteiger partial charge in [0.2, 0.25) is 5.43 Å². The first-order chi connectivity index (χ1) is 13.4. The number of nitrogens with zero attached hydrogens (tertiary/aromatic N) is 4. The second-order valence-corrected chi connectivity index (χ2v) is 6.75. The number of ether oxygens (including phenoxy) is 1. The van der Waals surface area contributed by atoms with E-state index >= 15 is 0 Å². The van der Waals surface area contributed by atoms with Crippen LogP contribution in [-0.4, -0.2) is 60.0 Å². The lowest BCUT2D eigenvalue weighted by molar-refractivity contribution is 0.0695. The monoisotopic (exact) mass is 405 g/mol. The van der Waals surface area contributed by atoms with Crippen molar-refractivity contribution in [3.63, 3.8) is 0 Å². The van der Waals surface area contributed by atoms with E-state index < -0.39 is 11.4 Å². The van der Waals surface area contributed by atoms with Gasteiger partial charge in [-0.2, -0.15) is 0 Å². The van der Waals surface area contributed by atoms with Crippen LogP contribution >= 0.6 is 11.3 Å². The standard InChI is InChI=1S/C16H17N5O3S.C2H6O/c1-20(7-2-5-17)12-4-3-10-13(22)11(15(23)24)9-21(14(10)19-12)16-18-6-8-25-16;1-3-2/h3-4,6,8-9H,2,5,7,17H2,1H3,(H,23,24);1-2H3. The maximum Gasteiger partial charge on any atom is 0.341 e. The van der Waals surface area contributed by atoms with Crippen LogP contribution in [0.1, 0.15) is 16.8 Å². The highest BCUT2D eigenvalue weighted by molar-refractivity contribution is 7.12. The van der Waals surface area contributed by atoms with E-state index in [9.17, 15) is 14.7 Å². The first-order valence-corrected chi connectivity index (χ1v) is 9.33. The Bertz CT molecular complexity index is 988. The Hall–Kier alpha value is -2.82. The van der Waals surface area contributed by atoms with Crippen molar-refractivity contribution < 1.29 is 14.6 Å². The van der Waals surface area contributed by atoms with Crippen LogP contribution < -0.4 is 16.1 Å². The Kier molecular flexibility index (Phi) is 7.61. The van der Waals surface area contributed by atoms with Crippen LogP contribution in [0, 0.1) is 0 Å². The fraction of sp³-hybridized carbons (Fsp3) is 0.333. The number of hydrogen-bond donors (Lipinski definition) is 2. The average molecular weight is 405 g/mol. The highest BCUT2D eigenvalue weighted by atomic mass is 32.1. The number of nitrogens with two attached hydrogens (primary N) is 1. The van der Waals surface area contributed by atoms with Crippen LogP contribution in [0.5, 0.6) is 0 Å². The molecule has 3 N–H and O–H groups in total. The van der Waals surface area contributed by atoms with Crippen LogP contribution in [-0.2, 0) is 4.74 Å². The molecule has 0 aliphatic heterocycles. The Morgan fingerprint density at radius 3 is 2.68 bits per heavy atom. The summed E-state index contributed by atoms with van der Waals surface area (Å²) in [5.41, 5.74) is 5.05. The van der Waals surface area contributed by atoms with Crippen molar-refractivity contribution in [1.29, 1.82) is 0 Å². The summed E-state index contributed by atoms with van der Waals surface area (Å²) in [4.78, 5) is 34.6. The zero-order chi connectivity index (χ0) is 20.7. The van der Waals surface area contributed by atoms with Gasteiger partial charge in [0.1, 0.15) is 11.4 Å². The van der Waals surface area contributed by atoms with Crippen molar-refractivity contribution in [1.82, 2.24) is 14.5 Å².